The van der Waals surface area contributed by atoms with Crippen molar-refractivity contribution in [3.8, 4) is 11.6 Å². The first-order valence-electron chi connectivity index (χ1n) is 9.21. The predicted molar refractivity (Wildman–Crippen MR) is 101 cm³/mol. The lowest BCUT2D eigenvalue weighted by molar-refractivity contribution is -0.152. The maximum atomic E-state index is 12.4. The molecule has 0 aromatic carbocycles. The summed E-state index contributed by atoms with van der Waals surface area (Å²) in [6.07, 6.45) is 4.96. The van der Waals surface area contributed by atoms with Crippen LogP contribution >= 0.6 is 11.8 Å². The first-order valence-corrected chi connectivity index (χ1v) is 10.2. The average molecular weight is 378 g/mol. The Labute approximate surface area is 158 Å². The Bertz CT molecular complexity index is 726. The van der Waals surface area contributed by atoms with Crippen LogP contribution in [0.1, 0.15) is 40.0 Å². The van der Waals surface area contributed by atoms with E-state index in [1.165, 1.54) is 18.2 Å². The van der Waals surface area contributed by atoms with Gasteiger partial charge in [0.2, 0.25) is 0 Å². The molecule has 1 fully saturated rings. The standard InChI is InChI=1S/C19H27N3O3S/c1-12(2)14-8-7-13(3)10-16(14)25-17(23)11-26-19-21-20-18(22(19)4)15-6-5-9-24-15/h5-6,9,12-14,16H,7-8,10-11H2,1-4H3/t13-,14-,16+/m0/s1. The van der Waals surface area contributed by atoms with Gasteiger partial charge < -0.3 is 13.7 Å². The van der Waals surface area contributed by atoms with E-state index >= 15 is 0 Å². The summed E-state index contributed by atoms with van der Waals surface area (Å²) in [5, 5.41) is 8.97. The molecule has 2 aromatic rings. The Kier molecular flexibility index (Phi) is 6.06. The molecule has 0 amide bonds. The summed E-state index contributed by atoms with van der Waals surface area (Å²) in [6.45, 7) is 6.67. The molecule has 1 aliphatic rings. The van der Waals surface area contributed by atoms with E-state index in [4.69, 9.17) is 9.15 Å². The van der Waals surface area contributed by atoms with Crippen LogP contribution in [0.3, 0.4) is 0 Å². The first-order chi connectivity index (χ1) is 12.5. The number of nitrogens with zero attached hydrogens (tertiary/aromatic N) is 3. The summed E-state index contributed by atoms with van der Waals surface area (Å²) in [5.41, 5.74) is 0. The van der Waals surface area contributed by atoms with E-state index in [1.54, 1.807) is 6.26 Å². The van der Waals surface area contributed by atoms with E-state index < -0.39 is 0 Å². The number of esters is 1. The second-order valence-corrected chi connectivity index (χ2v) is 8.43. The molecule has 0 unspecified atom stereocenters. The van der Waals surface area contributed by atoms with E-state index in [1.807, 2.05) is 23.7 Å². The van der Waals surface area contributed by atoms with Gasteiger partial charge in [-0.15, -0.1) is 10.2 Å². The van der Waals surface area contributed by atoms with Crippen molar-refractivity contribution in [2.75, 3.05) is 5.75 Å². The molecule has 3 rings (SSSR count). The van der Waals surface area contributed by atoms with Gasteiger partial charge in [-0.25, -0.2) is 0 Å². The fourth-order valence-corrected chi connectivity index (χ4v) is 4.33. The van der Waals surface area contributed by atoms with Gasteiger partial charge in [0.1, 0.15) is 6.10 Å². The normalized spacial score (nSPS) is 23.3. The molecular formula is C19H27N3O3S. The topological polar surface area (TPSA) is 70.2 Å². The number of aromatic nitrogens is 3. The van der Waals surface area contributed by atoms with Crippen molar-refractivity contribution < 1.29 is 13.9 Å². The monoisotopic (exact) mass is 377 g/mol. The van der Waals surface area contributed by atoms with Crippen LogP contribution in [0, 0.1) is 17.8 Å². The molecule has 1 aliphatic carbocycles. The summed E-state index contributed by atoms with van der Waals surface area (Å²) in [6, 6.07) is 3.65. The number of furan rings is 1. The number of hydrogen-bond donors (Lipinski definition) is 0. The minimum absolute atomic E-state index is 0.0324. The predicted octanol–water partition coefficient (Wildman–Crippen LogP) is 4.17. The van der Waals surface area contributed by atoms with Gasteiger partial charge >= 0.3 is 5.97 Å². The zero-order valence-electron chi connectivity index (χ0n) is 15.8. The summed E-state index contributed by atoms with van der Waals surface area (Å²) in [7, 11) is 1.86. The fourth-order valence-electron chi connectivity index (χ4n) is 3.64. The lowest BCUT2D eigenvalue weighted by Gasteiger charge is -2.36. The van der Waals surface area contributed by atoms with Gasteiger partial charge in [-0.3, -0.25) is 4.79 Å². The highest BCUT2D eigenvalue weighted by molar-refractivity contribution is 7.99. The molecular weight excluding hydrogens is 350 g/mol. The van der Waals surface area contributed by atoms with Gasteiger partial charge in [-0.2, -0.15) is 0 Å². The smallest absolute Gasteiger partial charge is 0.316 e. The number of thioether (sulfide) groups is 1. The van der Waals surface area contributed by atoms with Crippen LogP contribution in [0.5, 0.6) is 0 Å². The largest absolute Gasteiger partial charge is 0.461 e. The van der Waals surface area contributed by atoms with Crippen molar-refractivity contribution in [3.63, 3.8) is 0 Å². The SMILES string of the molecule is CC(C)[C@@H]1CC[C@H](C)C[C@H]1OC(=O)CSc1nnc(-c2ccco2)n1C. The van der Waals surface area contributed by atoms with Crippen LogP contribution < -0.4 is 0 Å². The Morgan fingerprint density at radius 2 is 2.23 bits per heavy atom. The minimum atomic E-state index is -0.178. The molecule has 0 bridgehead atoms. The summed E-state index contributed by atoms with van der Waals surface area (Å²) in [5.74, 6) is 2.97. The Hall–Kier alpha value is -1.76. The third-order valence-electron chi connectivity index (χ3n) is 5.14. The average Bonchev–Trinajstić information content (AvgIpc) is 3.22. The third-order valence-corrected chi connectivity index (χ3v) is 6.13. The van der Waals surface area contributed by atoms with Crippen LogP contribution in [0.25, 0.3) is 11.6 Å². The molecule has 2 heterocycles. The number of carbonyl (C=O) groups is 1. The fraction of sp³-hybridized carbons (Fsp3) is 0.632. The molecule has 1 saturated carbocycles. The van der Waals surface area contributed by atoms with Crippen molar-refractivity contribution in [2.45, 2.75) is 51.3 Å². The Morgan fingerprint density at radius 1 is 1.42 bits per heavy atom. The van der Waals surface area contributed by atoms with Gasteiger partial charge in [0.25, 0.3) is 0 Å². The van der Waals surface area contributed by atoms with E-state index in [0.29, 0.717) is 34.5 Å². The molecule has 3 atom stereocenters. The van der Waals surface area contributed by atoms with Gasteiger partial charge in [-0.05, 0) is 42.7 Å². The molecule has 0 aliphatic heterocycles. The van der Waals surface area contributed by atoms with E-state index in [9.17, 15) is 4.79 Å². The summed E-state index contributed by atoms with van der Waals surface area (Å²) < 4.78 is 13.0. The molecule has 6 nitrogen and oxygen atoms in total. The minimum Gasteiger partial charge on any atom is -0.461 e. The quantitative estimate of drug-likeness (QED) is 0.556. The van der Waals surface area contributed by atoms with Crippen molar-refractivity contribution in [1.82, 2.24) is 14.8 Å². The molecule has 0 saturated heterocycles. The summed E-state index contributed by atoms with van der Waals surface area (Å²) >= 11 is 1.35. The number of carbonyl (C=O) groups excluding carboxylic acids is 1. The number of ether oxygens (including phenoxy) is 1. The lowest BCUT2D eigenvalue weighted by atomic mass is 9.75. The molecule has 26 heavy (non-hydrogen) atoms. The maximum Gasteiger partial charge on any atom is 0.316 e. The molecule has 142 valence electrons. The Morgan fingerprint density at radius 3 is 2.92 bits per heavy atom. The van der Waals surface area contributed by atoms with Crippen molar-refractivity contribution in [2.24, 2.45) is 24.8 Å². The van der Waals surface area contributed by atoms with Crippen LogP contribution in [0.2, 0.25) is 0 Å². The molecule has 0 radical (unpaired) electrons. The zero-order chi connectivity index (χ0) is 18.7. The maximum absolute atomic E-state index is 12.4. The Balaban J connectivity index is 1.57. The highest BCUT2D eigenvalue weighted by Gasteiger charge is 2.33. The van der Waals surface area contributed by atoms with E-state index in [2.05, 4.69) is 31.0 Å². The van der Waals surface area contributed by atoms with E-state index in [-0.39, 0.29) is 17.8 Å². The van der Waals surface area contributed by atoms with Gasteiger partial charge in [-0.1, -0.05) is 39.0 Å². The second-order valence-electron chi connectivity index (χ2n) is 7.49. The first kappa shape index (κ1) is 19.0. The summed E-state index contributed by atoms with van der Waals surface area (Å²) in [4.78, 5) is 12.4. The van der Waals surface area contributed by atoms with Gasteiger partial charge in [0.15, 0.2) is 16.7 Å². The zero-order valence-corrected chi connectivity index (χ0v) is 16.7. The van der Waals surface area contributed by atoms with Crippen LogP contribution in [0.15, 0.2) is 28.0 Å². The second kappa shape index (κ2) is 8.29. The molecule has 2 aromatic heterocycles. The molecule has 0 spiro atoms. The van der Waals surface area contributed by atoms with E-state index in [0.717, 1.165) is 12.8 Å². The molecule has 7 heteroatoms. The number of hydrogen-bond acceptors (Lipinski definition) is 6. The highest BCUT2D eigenvalue weighted by atomic mass is 32.2. The van der Waals surface area contributed by atoms with Crippen LogP contribution in [-0.2, 0) is 16.6 Å². The van der Waals surface area contributed by atoms with Crippen molar-refractivity contribution >= 4 is 17.7 Å². The van der Waals surface area contributed by atoms with Gasteiger partial charge in [0.05, 0.1) is 12.0 Å². The third kappa shape index (κ3) is 4.31. The van der Waals surface area contributed by atoms with Crippen molar-refractivity contribution in [1.29, 1.82) is 0 Å². The van der Waals surface area contributed by atoms with Crippen LogP contribution in [-0.4, -0.2) is 32.6 Å². The van der Waals surface area contributed by atoms with Crippen molar-refractivity contribution in [3.05, 3.63) is 18.4 Å². The number of rotatable bonds is 6. The highest BCUT2D eigenvalue weighted by Crippen LogP contribution is 2.35. The molecule has 0 N–H and O–H groups in total. The lowest BCUT2D eigenvalue weighted by Crippen LogP contribution is -2.36. The van der Waals surface area contributed by atoms with Crippen LogP contribution in [0.4, 0.5) is 0 Å². The van der Waals surface area contributed by atoms with Gasteiger partial charge in [0, 0.05) is 7.05 Å².